The number of anilines is 1. The fourth-order valence-electron chi connectivity index (χ4n) is 1.64. The zero-order valence-electron chi connectivity index (χ0n) is 11.1. The van der Waals surface area contributed by atoms with Gasteiger partial charge in [0.15, 0.2) is 11.5 Å². The van der Waals surface area contributed by atoms with Gasteiger partial charge in [0.05, 0.1) is 19.9 Å². The Morgan fingerprint density at radius 2 is 1.63 bits per heavy atom. The number of rotatable bonds is 4. The minimum absolute atomic E-state index is 0.336. The third-order valence-corrected chi connectivity index (χ3v) is 2.61. The monoisotopic (exact) mass is 260 g/mol. The fraction of sp³-hybridized carbons (Fsp3) is 0.214. The number of nitrogens with two attached hydrogens (primary N) is 1. The molecule has 0 aliphatic carbocycles. The molecular weight excluding hydrogens is 244 g/mol. The minimum Gasteiger partial charge on any atom is -0.493 e. The van der Waals surface area contributed by atoms with Crippen LogP contribution in [0.25, 0.3) is 0 Å². The van der Waals surface area contributed by atoms with Crippen molar-refractivity contribution in [2.45, 2.75) is 6.92 Å². The maximum Gasteiger partial charge on any atom is 0.243 e. The van der Waals surface area contributed by atoms with Crippen LogP contribution < -0.4 is 19.9 Å². The lowest BCUT2D eigenvalue weighted by molar-refractivity contribution is 0.342. The lowest BCUT2D eigenvalue weighted by atomic mass is 10.3. The second-order valence-electron chi connectivity index (χ2n) is 3.94. The van der Waals surface area contributed by atoms with Gasteiger partial charge in [-0.3, -0.25) is 0 Å². The van der Waals surface area contributed by atoms with Crippen LogP contribution in [-0.2, 0) is 0 Å². The second-order valence-corrected chi connectivity index (χ2v) is 3.94. The molecule has 100 valence electrons. The van der Waals surface area contributed by atoms with E-state index in [4.69, 9.17) is 19.9 Å². The van der Waals surface area contributed by atoms with Crippen LogP contribution in [0, 0.1) is 6.92 Å². The third kappa shape index (κ3) is 2.70. The standard InChI is InChI=1S/C14H16N2O3/c1-9-7-8-10(15)14(16-9)19-13-11(17-2)5-4-6-12(13)18-3/h4-8H,15H2,1-3H3. The molecule has 0 aliphatic heterocycles. The Morgan fingerprint density at radius 1 is 1.00 bits per heavy atom. The van der Waals surface area contributed by atoms with Gasteiger partial charge in [0.1, 0.15) is 0 Å². The Bertz CT molecular complexity index is 563. The van der Waals surface area contributed by atoms with Crippen LogP contribution >= 0.6 is 0 Å². The van der Waals surface area contributed by atoms with E-state index in [9.17, 15) is 0 Å². The number of hydrogen-bond acceptors (Lipinski definition) is 5. The highest BCUT2D eigenvalue weighted by molar-refractivity contribution is 5.56. The van der Waals surface area contributed by atoms with Crippen molar-refractivity contribution in [3.63, 3.8) is 0 Å². The summed E-state index contributed by atoms with van der Waals surface area (Å²) < 4.78 is 16.3. The molecule has 1 aromatic carbocycles. The summed E-state index contributed by atoms with van der Waals surface area (Å²) in [5, 5.41) is 0. The van der Waals surface area contributed by atoms with Crippen LogP contribution in [0.4, 0.5) is 5.69 Å². The number of aryl methyl sites for hydroxylation is 1. The van der Waals surface area contributed by atoms with E-state index in [0.29, 0.717) is 28.8 Å². The molecular formula is C14H16N2O3. The average Bonchev–Trinajstić information content (AvgIpc) is 2.43. The van der Waals surface area contributed by atoms with E-state index in [1.807, 2.05) is 19.1 Å². The van der Waals surface area contributed by atoms with Gasteiger partial charge in [-0.2, -0.15) is 0 Å². The van der Waals surface area contributed by atoms with Crippen molar-refractivity contribution in [3.8, 4) is 23.1 Å². The lowest BCUT2D eigenvalue weighted by Gasteiger charge is -2.14. The van der Waals surface area contributed by atoms with Gasteiger partial charge in [-0.1, -0.05) is 6.07 Å². The van der Waals surface area contributed by atoms with E-state index in [1.54, 1.807) is 32.4 Å². The van der Waals surface area contributed by atoms with E-state index >= 15 is 0 Å². The summed E-state index contributed by atoms with van der Waals surface area (Å²) in [6.07, 6.45) is 0. The first-order valence-electron chi connectivity index (χ1n) is 5.77. The number of methoxy groups -OCH3 is 2. The molecule has 0 spiro atoms. The lowest BCUT2D eigenvalue weighted by Crippen LogP contribution is -1.99. The number of para-hydroxylation sites is 1. The smallest absolute Gasteiger partial charge is 0.243 e. The first-order valence-corrected chi connectivity index (χ1v) is 5.77. The van der Waals surface area contributed by atoms with Crippen LogP contribution in [0.3, 0.4) is 0 Å². The predicted octanol–water partition coefficient (Wildman–Crippen LogP) is 2.78. The quantitative estimate of drug-likeness (QED) is 0.915. The Labute approximate surface area is 111 Å². The molecule has 0 unspecified atom stereocenters. The van der Waals surface area contributed by atoms with E-state index in [2.05, 4.69) is 4.98 Å². The van der Waals surface area contributed by atoms with Crippen molar-refractivity contribution in [1.29, 1.82) is 0 Å². The number of ether oxygens (including phenoxy) is 3. The predicted molar refractivity (Wildman–Crippen MR) is 73.0 cm³/mol. The van der Waals surface area contributed by atoms with Crippen LogP contribution in [-0.4, -0.2) is 19.2 Å². The Hall–Kier alpha value is -2.43. The van der Waals surface area contributed by atoms with Gasteiger partial charge in [0.25, 0.3) is 0 Å². The van der Waals surface area contributed by atoms with E-state index < -0.39 is 0 Å². The topological polar surface area (TPSA) is 66.6 Å². The van der Waals surface area contributed by atoms with Crippen molar-refractivity contribution in [1.82, 2.24) is 4.98 Å². The van der Waals surface area contributed by atoms with Crippen molar-refractivity contribution < 1.29 is 14.2 Å². The maximum absolute atomic E-state index is 5.85. The van der Waals surface area contributed by atoms with Gasteiger partial charge in [0, 0.05) is 5.69 Å². The normalized spacial score (nSPS) is 10.1. The first-order chi connectivity index (χ1) is 9.15. The van der Waals surface area contributed by atoms with Gasteiger partial charge in [-0.15, -0.1) is 0 Å². The van der Waals surface area contributed by atoms with Gasteiger partial charge >= 0.3 is 0 Å². The van der Waals surface area contributed by atoms with Crippen molar-refractivity contribution in [3.05, 3.63) is 36.0 Å². The highest BCUT2D eigenvalue weighted by Gasteiger charge is 2.14. The summed E-state index contributed by atoms with van der Waals surface area (Å²) in [6, 6.07) is 8.95. The number of benzene rings is 1. The molecule has 0 saturated heterocycles. The highest BCUT2D eigenvalue weighted by atomic mass is 16.5. The van der Waals surface area contributed by atoms with Crippen molar-refractivity contribution >= 4 is 5.69 Å². The number of hydrogen-bond donors (Lipinski definition) is 1. The van der Waals surface area contributed by atoms with Gasteiger partial charge in [-0.05, 0) is 31.2 Å². The molecule has 0 radical (unpaired) electrons. The van der Waals surface area contributed by atoms with E-state index in [0.717, 1.165) is 5.69 Å². The summed E-state index contributed by atoms with van der Waals surface area (Å²) in [7, 11) is 3.13. The molecule has 0 atom stereocenters. The molecule has 1 aromatic heterocycles. The molecule has 0 bridgehead atoms. The SMILES string of the molecule is COc1cccc(OC)c1Oc1nc(C)ccc1N. The van der Waals surface area contributed by atoms with Crippen LogP contribution in [0.1, 0.15) is 5.69 Å². The highest BCUT2D eigenvalue weighted by Crippen LogP contribution is 2.40. The largest absolute Gasteiger partial charge is 0.493 e. The summed E-state index contributed by atoms with van der Waals surface area (Å²) in [4.78, 5) is 4.26. The summed E-state index contributed by atoms with van der Waals surface area (Å²) in [5.41, 5.74) is 7.13. The van der Waals surface area contributed by atoms with E-state index in [-0.39, 0.29) is 0 Å². The van der Waals surface area contributed by atoms with Gasteiger partial charge in [-0.25, -0.2) is 4.98 Å². The molecule has 5 nitrogen and oxygen atoms in total. The molecule has 2 rings (SSSR count). The minimum atomic E-state index is 0.336. The molecule has 5 heteroatoms. The van der Waals surface area contributed by atoms with Crippen molar-refractivity contribution in [2.24, 2.45) is 0 Å². The van der Waals surface area contributed by atoms with Gasteiger partial charge in [0.2, 0.25) is 11.6 Å². The second kappa shape index (κ2) is 5.48. The number of aromatic nitrogens is 1. The number of pyridine rings is 1. The summed E-state index contributed by atoms with van der Waals surface area (Å²) in [6.45, 7) is 1.87. The molecule has 0 amide bonds. The Morgan fingerprint density at radius 3 is 2.21 bits per heavy atom. The van der Waals surface area contributed by atoms with Crippen molar-refractivity contribution in [2.75, 3.05) is 20.0 Å². The molecule has 2 aromatic rings. The van der Waals surface area contributed by atoms with Crippen LogP contribution in [0.2, 0.25) is 0 Å². The molecule has 2 N–H and O–H groups in total. The molecule has 0 fully saturated rings. The van der Waals surface area contributed by atoms with E-state index in [1.165, 1.54) is 0 Å². The number of nitrogens with zero attached hydrogens (tertiary/aromatic N) is 1. The molecule has 19 heavy (non-hydrogen) atoms. The third-order valence-electron chi connectivity index (χ3n) is 2.61. The fourth-order valence-corrected chi connectivity index (χ4v) is 1.64. The summed E-state index contributed by atoms with van der Waals surface area (Å²) >= 11 is 0. The molecule has 0 aliphatic rings. The zero-order chi connectivity index (χ0) is 13.8. The number of nitrogen functional groups attached to an aromatic ring is 1. The maximum atomic E-state index is 5.85. The van der Waals surface area contributed by atoms with Gasteiger partial charge < -0.3 is 19.9 Å². The first kappa shape index (κ1) is 13.0. The van der Waals surface area contributed by atoms with Crippen LogP contribution in [0.15, 0.2) is 30.3 Å². The molecule has 1 heterocycles. The zero-order valence-corrected chi connectivity index (χ0v) is 11.1. The molecule has 0 saturated carbocycles. The van der Waals surface area contributed by atoms with Crippen LogP contribution in [0.5, 0.6) is 23.1 Å². The Kier molecular flexibility index (Phi) is 3.75. The summed E-state index contributed by atoms with van der Waals surface area (Å²) in [5.74, 6) is 1.91. The average molecular weight is 260 g/mol. The Balaban J connectivity index is 2.45.